The first kappa shape index (κ1) is 18.7. The Morgan fingerprint density at radius 1 is 0.875 bits per heavy atom. The van der Waals surface area contributed by atoms with Crippen LogP contribution in [0.4, 0.5) is 13.2 Å². The van der Waals surface area contributed by atoms with Gasteiger partial charge in [-0.25, -0.2) is 8.93 Å². The predicted octanol–water partition coefficient (Wildman–Crippen LogP) is 4.85. The molecule has 0 unspecified atom stereocenters. The first-order valence-corrected chi connectivity index (χ1v) is 8.64. The van der Waals surface area contributed by atoms with Crippen molar-refractivity contribution in [1.29, 1.82) is 0 Å². The molecular weight excluding hydrogens is 335 g/mol. The van der Waals surface area contributed by atoms with Crippen molar-refractivity contribution < 1.29 is 17.4 Å². The van der Waals surface area contributed by atoms with E-state index in [0.717, 1.165) is 17.7 Å². The molecule has 2 nitrogen and oxygen atoms in total. The second-order valence-electron chi connectivity index (χ2n) is 6.46. The zero-order chi connectivity index (χ0) is 18.0. The summed E-state index contributed by atoms with van der Waals surface area (Å²) in [5.41, 5.74) is 0.775. The monoisotopic (exact) mass is 355 g/mol. The van der Waals surface area contributed by atoms with Crippen LogP contribution in [-0.4, -0.2) is 8.96 Å². The number of halogens is 3. The highest BCUT2D eigenvalue weighted by Crippen LogP contribution is 2.31. The molecule has 24 heavy (non-hydrogen) atoms. The van der Waals surface area contributed by atoms with Gasteiger partial charge in [0.25, 0.3) is 0 Å². The summed E-state index contributed by atoms with van der Waals surface area (Å²) in [6.45, 7) is 5.51. The fourth-order valence-corrected chi connectivity index (χ4v) is 2.96. The van der Waals surface area contributed by atoms with Gasteiger partial charge in [0, 0.05) is 0 Å². The number of nitrogens with one attached hydrogen (secondary N) is 1. The molecule has 0 fully saturated rings. The minimum atomic E-state index is -4.37. The first-order valence-electron chi connectivity index (χ1n) is 7.49. The summed E-state index contributed by atoms with van der Waals surface area (Å²) in [4.78, 5) is 0. The van der Waals surface area contributed by atoms with Gasteiger partial charge in [-0.05, 0) is 44.0 Å². The van der Waals surface area contributed by atoms with Gasteiger partial charge in [0.2, 0.25) is 0 Å². The summed E-state index contributed by atoms with van der Waals surface area (Å²) in [7, 11) is -1.36. The largest absolute Gasteiger partial charge is 0.416 e. The van der Waals surface area contributed by atoms with Gasteiger partial charge in [0.05, 0.1) is 27.3 Å². The van der Waals surface area contributed by atoms with Crippen molar-refractivity contribution in [1.82, 2.24) is 4.72 Å². The predicted molar refractivity (Wildman–Crippen MR) is 90.8 cm³/mol. The van der Waals surface area contributed by atoms with Crippen LogP contribution in [-0.2, 0) is 17.2 Å². The van der Waals surface area contributed by atoms with Gasteiger partial charge in [-0.1, -0.05) is 42.5 Å². The molecule has 0 aliphatic heterocycles. The summed E-state index contributed by atoms with van der Waals surface area (Å²) >= 11 is 0. The average Bonchev–Trinajstić information content (AvgIpc) is 2.51. The zero-order valence-corrected chi connectivity index (χ0v) is 14.5. The molecule has 0 aliphatic carbocycles. The van der Waals surface area contributed by atoms with Crippen LogP contribution in [0.2, 0.25) is 0 Å². The molecule has 0 heterocycles. The minimum absolute atomic E-state index is 0.450. The van der Waals surface area contributed by atoms with Gasteiger partial charge < -0.3 is 0 Å². The van der Waals surface area contributed by atoms with Gasteiger partial charge in [-0.2, -0.15) is 13.2 Å². The van der Waals surface area contributed by atoms with Crippen LogP contribution in [0, 0.1) is 0 Å². The average molecular weight is 355 g/mol. The van der Waals surface area contributed by atoms with E-state index < -0.39 is 33.5 Å². The molecule has 1 N–H and O–H groups in total. The SMILES string of the molecule is CC(C)(C)[S@@](=O)N[C@H](c1ccccc1)c1ccc(C(F)(F)F)cc1. The Hall–Kier alpha value is -1.66. The molecule has 0 bridgehead atoms. The van der Waals surface area contributed by atoms with E-state index in [2.05, 4.69) is 4.72 Å². The molecule has 2 aromatic carbocycles. The van der Waals surface area contributed by atoms with Gasteiger partial charge >= 0.3 is 6.18 Å². The van der Waals surface area contributed by atoms with Crippen LogP contribution >= 0.6 is 0 Å². The normalized spacial score (nSPS) is 15.1. The van der Waals surface area contributed by atoms with E-state index in [1.165, 1.54) is 12.1 Å². The third-order valence-electron chi connectivity index (χ3n) is 3.49. The number of rotatable bonds is 4. The van der Waals surface area contributed by atoms with Crippen LogP contribution in [0.15, 0.2) is 54.6 Å². The van der Waals surface area contributed by atoms with Crippen molar-refractivity contribution in [2.45, 2.75) is 37.7 Å². The topological polar surface area (TPSA) is 29.1 Å². The van der Waals surface area contributed by atoms with E-state index in [4.69, 9.17) is 0 Å². The lowest BCUT2D eigenvalue weighted by Crippen LogP contribution is -2.36. The fraction of sp³-hybridized carbons (Fsp3) is 0.333. The lowest BCUT2D eigenvalue weighted by molar-refractivity contribution is -0.137. The van der Waals surface area contributed by atoms with Crippen LogP contribution in [0.3, 0.4) is 0 Å². The Morgan fingerprint density at radius 3 is 1.83 bits per heavy atom. The molecule has 0 radical (unpaired) electrons. The highest BCUT2D eigenvalue weighted by atomic mass is 32.2. The van der Waals surface area contributed by atoms with Crippen molar-refractivity contribution in [3.05, 3.63) is 71.3 Å². The van der Waals surface area contributed by atoms with E-state index in [0.29, 0.717) is 5.56 Å². The standard InChI is InChI=1S/C18H20F3NOS/c1-17(2,3)24(23)22-16(13-7-5-4-6-8-13)14-9-11-15(12-10-14)18(19,20)21/h4-12,16,22H,1-3H3/t16-,24-/m1/s1. The maximum absolute atomic E-state index is 12.7. The Morgan fingerprint density at radius 2 is 1.38 bits per heavy atom. The maximum atomic E-state index is 12.7. The lowest BCUT2D eigenvalue weighted by Gasteiger charge is -2.25. The molecule has 0 aliphatic rings. The second kappa shape index (κ2) is 7.07. The van der Waals surface area contributed by atoms with Crippen LogP contribution in [0.1, 0.15) is 43.5 Å². The molecule has 6 heteroatoms. The maximum Gasteiger partial charge on any atom is 0.416 e. The van der Waals surface area contributed by atoms with E-state index in [1.807, 2.05) is 51.1 Å². The molecule has 0 spiro atoms. The van der Waals surface area contributed by atoms with E-state index in [1.54, 1.807) is 0 Å². The Kier molecular flexibility index (Phi) is 5.50. The van der Waals surface area contributed by atoms with Crippen LogP contribution < -0.4 is 4.72 Å². The molecule has 0 saturated heterocycles. The Bertz CT molecular complexity index is 691. The zero-order valence-electron chi connectivity index (χ0n) is 13.7. The highest BCUT2D eigenvalue weighted by Gasteiger charge is 2.31. The number of alkyl halides is 3. The van der Waals surface area contributed by atoms with Crippen LogP contribution in [0.5, 0.6) is 0 Å². The number of hydrogen-bond donors (Lipinski definition) is 1. The summed E-state index contributed by atoms with van der Waals surface area (Å²) < 4.78 is 53.3. The van der Waals surface area contributed by atoms with Crippen molar-refractivity contribution in [2.24, 2.45) is 0 Å². The van der Waals surface area contributed by atoms with Gasteiger partial charge in [-0.3, -0.25) is 0 Å². The third kappa shape index (κ3) is 4.68. The third-order valence-corrected chi connectivity index (χ3v) is 5.05. The molecule has 2 rings (SSSR count). The second-order valence-corrected chi connectivity index (χ2v) is 8.46. The van der Waals surface area contributed by atoms with E-state index in [9.17, 15) is 17.4 Å². The summed E-state index contributed by atoms with van der Waals surface area (Å²) in [5.74, 6) is 0. The summed E-state index contributed by atoms with van der Waals surface area (Å²) in [6, 6.07) is 13.7. The molecule has 2 aromatic rings. The molecule has 0 amide bonds. The van der Waals surface area contributed by atoms with E-state index in [-0.39, 0.29) is 0 Å². The van der Waals surface area contributed by atoms with Crippen molar-refractivity contribution in [2.75, 3.05) is 0 Å². The van der Waals surface area contributed by atoms with Gasteiger partial charge in [0.15, 0.2) is 0 Å². The summed E-state index contributed by atoms with van der Waals surface area (Å²) in [5, 5.41) is 0. The smallest absolute Gasteiger partial charge is 0.242 e. The summed E-state index contributed by atoms with van der Waals surface area (Å²) in [6.07, 6.45) is -4.37. The highest BCUT2D eigenvalue weighted by molar-refractivity contribution is 7.84. The quantitative estimate of drug-likeness (QED) is 0.835. The van der Waals surface area contributed by atoms with Crippen molar-refractivity contribution >= 4 is 11.0 Å². The van der Waals surface area contributed by atoms with Crippen LogP contribution in [0.25, 0.3) is 0 Å². The first-order chi connectivity index (χ1) is 11.1. The number of benzene rings is 2. The molecule has 0 saturated carbocycles. The molecule has 0 aromatic heterocycles. The molecular formula is C18H20F3NOS. The van der Waals surface area contributed by atoms with E-state index >= 15 is 0 Å². The van der Waals surface area contributed by atoms with Gasteiger partial charge in [-0.15, -0.1) is 0 Å². The molecule has 130 valence electrons. The minimum Gasteiger partial charge on any atom is -0.242 e. The lowest BCUT2D eigenvalue weighted by atomic mass is 9.98. The van der Waals surface area contributed by atoms with Crippen molar-refractivity contribution in [3.8, 4) is 0 Å². The fourth-order valence-electron chi connectivity index (χ4n) is 2.12. The van der Waals surface area contributed by atoms with Gasteiger partial charge in [0.1, 0.15) is 0 Å². The molecule has 2 atom stereocenters. The Balaban J connectivity index is 2.38. The number of hydrogen-bond acceptors (Lipinski definition) is 1. The Labute approximate surface area is 142 Å². The van der Waals surface area contributed by atoms with Crippen molar-refractivity contribution in [3.63, 3.8) is 0 Å².